The third-order valence-corrected chi connectivity index (χ3v) is 4.59. The number of thioether (sulfide) groups is 1. The van der Waals surface area contributed by atoms with Crippen molar-refractivity contribution < 1.29 is 4.39 Å². The molecule has 6 heteroatoms. The molecule has 0 radical (unpaired) electrons. The van der Waals surface area contributed by atoms with E-state index in [0.29, 0.717) is 0 Å². The molecule has 2 aromatic rings. The second-order valence-electron chi connectivity index (χ2n) is 3.13. The molecule has 0 spiro atoms. The van der Waals surface area contributed by atoms with Gasteiger partial charge in [-0.05, 0) is 36.2 Å². The molecule has 1 aromatic heterocycles. The third-order valence-electron chi connectivity index (χ3n) is 1.88. The van der Waals surface area contributed by atoms with E-state index in [9.17, 15) is 4.39 Å². The molecule has 0 atom stereocenters. The molecule has 2 rings (SSSR count). The van der Waals surface area contributed by atoms with E-state index in [4.69, 9.17) is 0 Å². The Bertz CT molecular complexity index is 501. The lowest BCUT2D eigenvalue weighted by molar-refractivity contribution is 0.626. The fraction of sp³-hybridized carbons (Fsp3) is 0.200. The number of rotatable bonds is 3. The fourth-order valence-electron chi connectivity index (χ4n) is 1.11. The first-order valence-electron chi connectivity index (χ1n) is 4.52. The molecule has 0 aliphatic carbocycles. The number of nitrogens with zero attached hydrogens (tertiary/aromatic N) is 2. The van der Waals surface area contributed by atoms with Gasteiger partial charge in [0.25, 0.3) is 0 Å². The number of halogens is 2. The largest absolute Gasteiger partial charge is 0.213 e. The van der Waals surface area contributed by atoms with Gasteiger partial charge < -0.3 is 0 Å². The topological polar surface area (TPSA) is 25.8 Å². The molecule has 1 aromatic carbocycles. The molecule has 0 N–H and O–H groups in total. The highest BCUT2D eigenvalue weighted by molar-refractivity contribution is 9.10. The van der Waals surface area contributed by atoms with Crippen LogP contribution >= 0.6 is 39.2 Å². The Morgan fingerprint density at radius 3 is 2.94 bits per heavy atom. The first-order valence-corrected chi connectivity index (χ1v) is 7.07. The summed E-state index contributed by atoms with van der Waals surface area (Å²) < 4.78 is 18.7. The number of aromatic nitrogens is 2. The zero-order chi connectivity index (χ0) is 11.5. The van der Waals surface area contributed by atoms with E-state index < -0.39 is 0 Å². The molecular weight excluding hydrogens is 311 g/mol. The van der Waals surface area contributed by atoms with Crippen molar-refractivity contribution in [1.29, 1.82) is 0 Å². The summed E-state index contributed by atoms with van der Waals surface area (Å²) in [7, 11) is 0. The summed E-state index contributed by atoms with van der Waals surface area (Å²) in [6, 6.07) is 4.72. The average Bonchev–Trinajstić information content (AvgIpc) is 2.63. The van der Waals surface area contributed by atoms with Crippen LogP contribution in [0.2, 0.25) is 0 Å². The van der Waals surface area contributed by atoms with Crippen molar-refractivity contribution >= 4 is 39.2 Å². The van der Waals surface area contributed by atoms with Crippen LogP contribution in [-0.4, -0.2) is 9.36 Å². The van der Waals surface area contributed by atoms with Gasteiger partial charge in [0, 0.05) is 10.2 Å². The lowest BCUT2D eigenvalue weighted by Gasteiger charge is -2.02. The van der Waals surface area contributed by atoms with E-state index in [0.717, 1.165) is 26.0 Å². The number of hydrogen-bond acceptors (Lipinski definition) is 4. The summed E-state index contributed by atoms with van der Waals surface area (Å²) in [5.74, 6) is 1.33. The van der Waals surface area contributed by atoms with Gasteiger partial charge in [-0.2, -0.15) is 4.37 Å². The van der Waals surface area contributed by atoms with Crippen LogP contribution in [0, 0.1) is 12.7 Å². The minimum Gasteiger partial charge on any atom is -0.213 e. The average molecular weight is 319 g/mol. The molecule has 84 valence electrons. The Morgan fingerprint density at radius 2 is 2.31 bits per heavy atom. The molecular formula is C10H8BrFN2S2. The Morgan fingerprint density at radius 1 is 1.50 bits per heavy atom. The smallest absolute Gasteiger partial charge is 0.170 e. The van der Waals surface area contributed by atoms with Crippen LogP contribution in [0.15, 0.2) is 27.0 Å². The van der Waals surface area contributed by atoms with Gasteiger partial charge >= 0.3 is 0 Å². The first kappa shape index (κ1) is 12.0. The van der Waals surface area contributed by atoms with Crippen LogP contribution in [0.3, 0.4) is 0 Å². The van der Waals surface area contributed by atoms with Crippen LogP contribution in [-0.2, 0) is 5.75 Å². The molecule has 0 saturated heterocycles. The van der Waals surface area contributed by atoms with Gasteiger partial charge in [0.1, 0.15) is 11.6 Å². The Kier molecular flexibility index (Phi) is 3.94. The molecule has 0 amide bonds. The standard InChI is InChI=1S/C10H8BrFN2S2/c1-6-13-10(16-14-6)15-5-7-2-3-8(12)4-9(7)11/h2-4H,5H2,1H3. The van der Waals surface area contributed by atoms with Gasteiger partial charge in [0.15, 0.2) is 4.34 Å². The van der Waals surface area contributed by atoms with Crippen LogP contribution < -0.4 is 0 Å². The van der Waals surface area contributed by atoms with Crippen molar-refractivity contribution in [3.8, 4) is 0 Å². The Hall–Kier alpha value is -0.460. The maximum absolute atomic E-state index is 12.9. The van der Waals surface area contributed by atoms with Crippen LogP contribution in [0.1, 0.15) is 11.4 Å². The van der Waals surface area contributed by atoms with Crippen molar-refractivity contribution in [2.75, 3.05) is 0 Å². The minimum atomic E-state index is -0.229. The molecule has 0 unspecified atom stereocenters. The monoisotopic (exact) mass is 318 g/mol. The van der Waals surface area contributed by atoms with Crippen molar-refractivity contribution in [2.45, 2.75) is 17.0 Å². The van der Waals surface area contributed by atoms with E-state index in [1.54, 1.807) is 17.8 Å². The summed E-state index contributed by atoms with van der Waals surface area (Å²) in [5, 5.41) is 0. The van der Waals surface area contributed by atoms with Gasteiger partial charge in [0.2, 0.25) is 0 Å². The van der Waals surface area contributed by atoms with E-state index in [-0.39, 0.29) is 5.82 Å². The van der Waals surface area contributed by atoms with Crippen molar-refractivity contribution in [3.63, 3.8) is 0 Å². The van der Waals surface area contributed by atoms with Crippen molar-refractivity contribution in [3.05, 3.63) is 39.9 Å². The number of aryl methyl sites for hydroxylation is 1. The summed E-state index contributed by atoms with van der Waals surface area (Å²) in [6.07, 6.45) is 0. The van der Waals surface area contributed by atoms with Crippen LogP contribution in [0.5, 0.6) is 0 Å². The molecule has 16 heavy (non-hydrogen) atoms. The maximum atomic E-state index is 12.9. The number of hydrogen-bond donors (Lipinski definition) is 0. The normalized spacial score (nSPS) is 10.7. The summed E-state index contributed by atoms with van der Waals surface area (Å²) in [4.78, 5) is 4.25. The molecule has 1 heterocycles. The fourth-order valence-corrected chi connectivity index (χ4v) is 3.44. The second-order valence-corrected chi connectivity index (χ2v) is 5.96. The highest BCUT2D eigenvalue weighted by Crippen LogP contribution is 2.28. The summed E-state index contributed by atoms with van der Waals surface area (Å²) in [5.41, 5.74) is 1.05. The Balaban J connectivity index is 2.04. The zero-order valence-corrected chi connectivity index (χ0v) is 11.6. The van der Waals surface area contributed by atoms with Crippen molar-refractivity contribution in [1.82, 2.24) is 9.36 Å². The van der Waals surface area contributed by atoms with Gasteiger partial charge in [-0.25, -0.2) is 9.37 Å². The van der Waals surface area contributed by atoms with Crippen LogP contribution in [0.25, 0.3) is 0 Å². The lowest BCUT2D eigenvalue weighted by atomic mass is 10.2. The summed E-state index contributed by atoms with van der Waals surface area (Å²) in [6.45, 7) is 1.87. The molecule has 0 aliphatic heterocycles. The highest BCUT2D eigenvalue weighted by Gasteiger charge is 2.05. The highest BCUT2D eigenvalue weighted by atomic mass is 79.9. The van der Waals surface area contributed by atoms with Crippen molar-refractivity contribution in [2.24, 2.45) is 0 Å². The van der Waals surface area contributed by atoms with E-state index >= 15 is 0 Å². The van der Waals surface area contributed by atoms with E-state index in [1.807, 2.05) is 6.92 Å². The lowest BCUT2D eigenvalue weighted by Crippen LogP contribution is -1.84. The van der Waals surface area contributed by atoms with Crippen LogP contribution in [0.4, 0.5) is 4.39 Å². The third kappa shape index (κ3) is 3.02. The molecule has 0 saturated carbocycles. The predicted octanol–water partition coefficient (Wildman–Crippen LogP) is 4.04. The SMILES string of the molecule is Cc1nsc(SCc2ccc(F)cc2Br)n1. The Labute approximate surface area is 110 Å². The molecule has 0 aliphatic rings. The van der Waals surface area contributed by atoms with Gasteiger partial charge in [-0.3, -0.25) is 0 Å². The van der Waals surface area contributed by atoms with E-state index in [1.165, 1.54) is 23.7 Å². The molecule has 2 nitrogen and oxygen atoms in total. The number of benzene rings is 1. The minimum absolute atomic E-state index is 0.229. The van der Waals surface area contributed by atoms with E-state index in [2.05, 4.69) is 25.3 Å². The second kappa shape index (κ2) is 5.25. The summed E-state index contributed by atoms with van der Waals surface area (Å²) >= 11 is 6.34. The first-order chi connectivity index (χ1) is 7.65. The van der Waals surface area contributed by atoms with Gasteiger partial charge in [-0.1, -0.05) is 33.8 Å². The zero-order valence-electron chi connectivity index (χ0n) is 8.41. The maximum Gasteiger partial charge on any atom is 0.170 e. The predicted molar refractivity (Wildman–Crippen MR) is 68.3 cm³/mol. The molecule has 0 fully saturated rings. The van der Waals surface area contributed by atoms with Gasteiger partial charge in [-0.15, -0.1) is 0 Å². The molecule has 0 bridgehead atoms. The van der Waals surface area contributed by atoms with Gasteiger partial charge in [0.05, 0.1) is 0 Å². The quantitative estimate of drug-likeness (QED) is 0.799.